The molecular weight excluding hydrogens is 164 g/mol. The summed E-state index contributed by atoms with van der Waals surface area (Å²) < 4.78 is 36.7. The number of ether oxygens (including phenoxy) is 1. The van der Waals surface area contributed by atoms with Crippen LogP contribution in [0.4, 0.5) is 8.78 Å². The van der Waals surface area contributed by atoms with E-state index in [0.717, 1.165) is 0 Å². The lowest BCUT2D eigenvalue weighted by atomic mass is 10.2. The standard InChI is InChI=1S/C8H15F2NO/c1-2-3-11-4-5-12-7(6-11)8(9)10/h7-8H,2-6H2,1H3/t7-/m1/s1/i2D/t2-,7+/m0. The molecular formula is C8H15F2NO. The highest BCUT2D eigenvalue weighted by molar-refractivity contribution is 4.72. The fourth-order valence-electron chi connectivity index (χ4n) is 1.31. The van der Waals surface area contributed by atoms with E-state index in [1.165, 1.54) is 0 Å². The Hall–Kier alpha value is -0.220. The number of rotatable bonds is 3. The van der Waals surface area contributed by atoms with Gasteiger partial charge in [0.1, 0.15) is 6.10 Å². The average Bonchev–Trinajstić information content (AvgIpc) is 2.03. The fraction of sp³-hybridized carbons (Fsp3) is 1.00. The van der Waals surface area contributed by atoms with Crippen LogP contribution in [0.1, 0.15) is 14.7 Å². The molecule has 0 aliphatic carbocycles. The van der Waals surface area contributed by atoms with E-state index in [2.05, 4.69) is 0 Å². The van der Waals surface area contributed by atoms with Crippen molar-refractivity contribution in [3.8, 4) is 0 Å². The largest absolute Gasteiger partial charge is 0.370 e. The molecule has 0 spiro atoms. The number of alkyl halides is 2. The van der Waals surface area contributed by atoms with Crippen molar-refractivity contribution >= 4 is 0 Å². The second-order valence-electron chi connectivity index (χ2n) is 2.91. The lowest BCUT2D eigenvalue weighted by Gasteiger charge is -2.32. The molecule has 0 N–H and O–H groups in total. The van der Waals surface area contributed by atoms with E-state index in [0.29, 0.717) is 19.7 Å². The highest BCUT2D eigenvalue weighted by atomic mass is 19.3. The van der Waals surface area contributed by atoms with E-state index in [1.807, 2.05) is 4.90 Å². The summed E-state index contributed by atoms with van der Waals surface area (Å²) in [5, 5.41) is 0. The molecule has 1 aliphatic rings. The van der Waals surface area contributed by atoms with Crippen LogP contribution >= 0.6 is 0 Å². The first-order chi connectivity index (χ1) is 6.09. The maximum Gasteiger partial charge on any atom is 0.265 e. The summed E-state index contributed by atoms with van der Waals surface area (Å²) in [6, 6.07) is 0. The van der Waals surface area contributed by atoms with Gasteiger partial charge in [-0.15, -0.1) is 0 Å². The van der Waals surface area contributed by atoms with Crippen LogP contribution < -0.4 is 0 Å². The van der Waals surface area contributed by atoms with Gasteiger partial charge in [-0.1, -0.05) is 6.92 Å². The van der Waals surface area contributed by atoms with E-state index in [1.54, 1.807) is 6.92 Å². The molecule has 2 atom stereocenters. The Balaban J connectivity index is 2.33. The molecule has 1 saturated heterocycles. The Morgan fingerprint density at radius 1 is 1.75 bits per heavy atom. The van der Waals surface area contributed by atoms with Gasteiger partial charge in [0, 0.05) is 14.5 Å². The third-order valence-electron chi connectivity index (χ3n) is 1.90. The van der Waals surface area contributed by atoms with E-state index < -0.39 is 12.5 Å². The molecule has 1 heterocycles. The van der Waals surface area contributed by atoms with Gasteiger partial charge in [-0.3, -0.25) is 4.90 Å². The summed E-state index contributed by atoms with van der Waals surface area (Å²) in [6.45, 7) is 3.56. The van der Waals surface area contributed by atoms with Crippen molar-refractivity contribution in [3.63, 3.8) is 0 Å². The normalized spacial score (nSPS) is 30.3. The van der Waals surface area contributed by atoms with Crippen molar-refractivity contribution in [2.45, 2.75) is 25.9 Å². The topological polar surface area (TPSA) is 12.5 Å². The van der Waals surface area contributed by atoms with Crippen molar-refractivity contribution < 1.29 is 14.9 Å². The first-order valence-electron chi connectivity index (χ1n) is 4.71. The molecule has 0 saturated carbocycles. The van der Waals surface area contributed by atoms with Crippen molar-refractivity contribution in [2.24, 2.45) is 0 Å². The van der Waals surface area contributed by atoms with E-state index >= 15 is 0 Å². The zero-order chi connectivity index (χ0) is 9.84. The van der Waals surface area contributed by atoms with Gasteiger partial charge in [-0.05, 0) is 12.9 Å². The Kier molecular flexibility index (Phi) is 3.30. The molecule has 0 amide bonds. The summed E-state index contributed by atoms with van der Waals surface area (Å²) in [4.78, 5) is 1.86. The Morgan fingerprint density at radius 3 is 3.08 bits per heavy atom. The molecule has 1 rings (SSSR count). The molecule has 2 nitrogen and oxygen atoms in total. The molecule has 0 bridgehead atoms. The fourth-order valence-corrected chi connectivity index (χ4v) is 1.31. The molecule has 1 fully saturated rings. The molecule has 72 valence electrons. The molecule has 0 aromatic heterocycles. The average molecular weight is 180 g/mol. The highest BCUT2D eigenvalue weighted by Gasteiger charge is 2.27. The summed E-state index contributed by atoms with van der Waals surface area (Å²) in [5.74, 6) is 0. The van der Waals surface area contributed by atoms with Crippen LogP contribution in [0.2, 0.25) is 0 Å². The molecule has 12 heavy (non-hydrogen) atoms. The quantitative estimate of drug-likeness (QED) is 0.650. The van der Waals surface area contributed by atoms with E-state index in [4.69, 9.17) is 6.11 Å². The molecule has 0 aromatic rings. The van der Waals surface area contributed by atoms with Crippen LogP contribution in [-0.4, -0.2) is 43.7 Å². The van der Waals surface area contributed by atoms with Crippen LogP contribution in [0.15, 0.2) is 0 Å². The number of nitrogens with zero attached hydrogens (tertiary/aromatic N) is 1. The van der Waals surface area contributed by atoms with Crippen molar-refractivity contribution in [2.75, 3.05) is 26.2 Å². The molecule has 0 unspecified atom stereocenters. The van der Waals surface area contributed by atoms with E-state index in [-0.39, 0.29) is 12.9 Å². The van der Waals surface area contributed by atoms with Gasteiger partial charge in [0.15, 0.2) is 0 Å². The first-order valence-corrected chi connectivity index (χ1v) is 4.14. The minimum atomic E-state index is -2.41. The van der Waals surface area contributed by atoms with E-state index in [9.17, 15) is 8.78 Å². The number of hydrogen-bond donors (Lipinski definition) is 0. The molecule has 0 aromatic carbocycles. The molecule has 4 heteroatoms. The van der Waals surface area contributed by atoms with Gasteiger partial charge in [0.05, 0.1) is 6.61 Å². The predicted molar refractivity (Wildman–Crippen MR) is 42.5 cm³/mol. The summed E-state index contributed by atoms with van der Waals surface area (Å²) in [5.41, 5.74) is 0. The predicted octanol–water partition coefficient (Wildman–Crippen LogP) is 1.36. The lowest BCUT2D eigenvalue weighted by Crippen LogP contribution is -2.45. The third kappa shape index (κ3) is 2.68. The summed E-state index contributed by atoms with van der Waals surface area (Å²) in [6.07, 6.45) is -3.60. The Bertz CT molecular complexity index is 157. The number of morpholine rings is 1. The van der Waals surface area contributed by atoms with Gasteiger partial charge in [-0.2, -0.15) is 0 Å². The SMILES string of the molecule is [2H][C@@H](C)CN1CCO[C@@H](C(F)F)C1. The molecule has 0 radical (unpaired) electrons. The second kappa shape index (κ2) is 4.72. The maximum atomic E-state index is 12.2. The minimum absolute atomic E-state index is 0.226. The lowest BCUT2D eigenvalue weighted by molar-refractivity contribution is -0.102. The number of halogens is 2. The smallest absolute Gasteiger partial charge is 0.265 e. The highest BCUT2D eigenvalue weighted by Crippen LogP contribution is 2.12. The van der Waals surface area contributed by atoms with Crippen LogP contribution in [0, 0.1) is 0 Å². The van der Waals surface area contributed by atoms with Gasteiger partial charge in [0.25, 0.3) is 6.43 Å². The van der Waals surface area contributed by atoms with Crippen LogP contribution in [0.3, 0.4) is 0 Å². The zero-order valence-electron chi connectivity index (χ0n) is 8.17. The second-order valence-corrected chi connectivity index (χ2v) is 2.91. The van der Waals surface area contributed by atoms with Gasteiger partial charge < -0.3 is 4.74 Å². The summed E-state index contributed by atoms with van der Waals surface area (Å²) in [7, 11) is 0. The Morgan fingerprint density at radius 2 is 2.50 bits per heavy atom. The van der Waals surface area contributed by atoms with Crippen LogP contribution in [0.25, 0.3) is 0 Å². The van der Waals surface area contributed by atoms with Crippen LogP contribution in [-0.2, 0) is 4.74 Å². The van der Waals surface area contributed by atoms with Crippen molar-refractivity contribution in [3.05, 3.63) is 0 Å². The monoisotopic (exact) mass is 180 g/mol. The zero-order valence-corrected chi connectivity index (χ0v) is 7.17. The van der Waals surface area contributed by atoms with Gasteiger partial charge in [-0.25, -0.2) is 8.78 Å². The first kappa shape index (κ1) is 8.38. The van der Waals surface area contributed by atoms with Gasteiger partial charge >= 0.3 is 0 Å². The summed E-state index contributed by atoms with van der Waals surface area (Å²) >= 11 is 0. The third-order valence-corrected chi connectivity index (χ3v) is 1.90. The van der Waals surface area contributed by atoms with Crippen molar-refractivity contribution in [1.29, 1.82) is 0 Å². The van der Waals surface area contributed by atoms with Crippen molar-refractivity contribution in [1.82, 2.24) is 4.90 Å². The molecule has 1 aliphatic heterocycles. The Labute approximate surface area is 72.9 Å². The maximum absolute atomic E-state index is 12.2. The number of hydrogen-bond acceptors (Lipinski definition) is 2. The minimum Gasteiger partial charge on any atom is -0.370 e. The van der Waals surface area contributed by atoms with Gasteiger partial charge in [0.2, 0.25) is 0 Å². The van der Waals surface area contributed by atoms with Crippen LogP contribution in [0.5, 0.6) is 0 Å².